The van der Waals surface area contributed by atoms with E-state index in [1.165, 1.54) is 12.5 Å². The predicted molar refractivity (Wildman–Crippen MR) is 73.2 cm³/mol. The van der Waals surface area contributed by atoms with E-state index in [1.807, 2.05) is 4.90 Å². The summed E-state index contributed by atoms with van der Waals surface area (Å²) in [6.45, 7) is 0.786. The maximum absolute atomic E-state index is 13.2. The molecule has 0 spiro atoms. The van der Waals surface area contributed by atoms with Crippen molar-refractivity contribution in [2.45, 2.75) is 31.5 Å². The van der Waals surface area contributed by atoms with Gasteiger partial charge in [-0.05, 0) is 43.5 Å². The van der Waals surface area contributed by atoms with E-state index in [1.54, 1.807) is 7.05 Å². The van der Waals surface area contributed by atoms with Crippen LogP contribution in [0.15, 0.2) is 18.2 Å². The third-order valence-electron chi connectivity index (χ3n) is 4.21. The van der Waals surface area contributed by atoms with Crippen molar-refractivity contribution >= 4 is 0 Å². The molecule has 0 bridgehead atoms. The summed E-state index contributed by atoms with van der Waals surface area (Å²) < 4.78 is 52.5. The smallest absolute Gasteiger partial charge is 0.329 e. The first-order valence-electron chi connectivity index (χ1n) is 7.10. The number of hydrogen-bond donors (Lipinski definition) is 1. The zero-order valence-electron chi connectivity index (χ0n) is 12.0. The molecule has 1 unspecified atom stereocenters. The number of benzene rings is 1. The summed E-state index contributed by atoms with van der Waals surface area (Å²) in [5.41, 5.74) is 4.81. The Balaban J connectivity index is 2.28. The Labute approximate surface area is 121 Å². The molecule has 1 aromatic carbocycles. The van der Waals surface area contributed by atoms with Gasteiger partial charge in [-0.15, -0.1) is 0 Å². The Kier molecular flexibility index (Phi) is 4.88. The predicted octanol–water partition coefficient (Wildman–Crippen LogP) is 3.58. The van der Waals surface area contributed by atoms with Crippen molar-refractivity contribution in [3.8, 4) is 0 Å². The van der Waals surface area contributed by atoms with E-state index in [2.05, 4.69) is 0 Å². The van der Waals surface area contributed by atoms with Gasteiger partial charge in [0.05, 0.1) is 5.56 Å². The third-order valence-corrected chi connectivity index (χ3v) is 4.21. The van der Waals surface area contributed by atoms with Gasteiger partial charge in [-0.2, -0.15) is 13.2 Å². The average Bonchev–Trinajstić information content (AvgIpc) is 2.35. The third kappa shape index (κ3) is 3.74. The minimum absolute atomic E-state index is 0.0493. The van der Waals surface area contributed by atoms with E-state index in [0.29, 0.717) is 12.0 Å². The van der Waals surface area contributed by atoms with Crippen LogP contribution in [0, 0.1) is 11.7 Å². The summed E-state index contributed by atoms with van der Waals surface area (Å²) in [5, 5.41) is 0. The molecule has 1 aliphatic carbocycles. The normalized spacial score (nSPS) is 17.9. The van der Waals surface area contributed by atoms with Crippen LogP contribution >= 0.6 is 0 Å². The molecule has 0 radical (unpaired) electrons. The van der Waals surface area contributed by atoms with Crippen LogP contribution in [0.4, 0.5) is 17.6 Å². The minimum Gasteiger partial charge on any atom is -0.329 e. The summed E-state index contributed by atoms with van der Waals surface area (Å²) in [4.78, 5) is 1.85. The van der Waals surface area contributed by atoms with Gasteiger partial charge in [0.15, 0.2) is 0 Å². The molecule has 0 saturated heterocycles. The lowest BCUT2D eigenvalue weighted by Gasteiger charge is -2.35. The van der Waals surface area contributed by atoms with Crippen LogP contribution < -0.4 is 5.73 Å². The van der Waals surface area contributed by atoms with Gasteiger partial charge in [0.25, 0.3) is 0 Å². The Bertz CT molecular complexity index is 483. The Morgan fingerprint density at radius 3 is 2.48 bits per heavy atom. The van der Waals surface area contributed by atoms with Gasteiger partial charge >= 0.3 is 6.18 Å². The van der Waals surface area contributed by atoms with Gasteiger partial charge in [0, 0.05) is 19.1 Å². The maximum Gasteiger partial charge on any atom is 0.416 e. The Morgan fingerprint density at radius 2 is 2.00 bits per heavy atom. The second-order valence-corrected chi connectivity index (χ2v) is 5.72. The summed E-state index contributed by atoms with van der Waals surface area (Å²) in [6.07, 6.45) is -1.19. The molecule has 118 valence electrons. The fourth-order valence-electron chi connectivity index (χ4n) is 2.82. The van der Waals surface area contributed by atoms with E-state index in [9.17, 15) is 17.6 Å². The number of hydrogen-bond acceptors (Lipinski definition) is 2. The van der Waals surface area contributed by atoms with Crippen molar-refractivity contribution < 1.29 is 17.6 Å². The second kappa shape index (κ2) is 6.32. The van der Waals surface area contributed by atoms with Crippen LogP contribution in [0.25, 0.3) is 0 Å². The standard InChI is InChI=1S/C15H20F4N2/c1-21(9-10-3-2-4-10)14(8-20)12-6-5-11(16)7-13(12)15(17,18)19/h5-7,10,14H,2-4,8-9,20H2,1H3. The van der Waals surface area contributed by atoms with E-state index < -0.39 is 23.6 Å². The fraction of sp³-hybridized carbons (Fsp3) is 0.600. The first kappa shape index (κ1) is 16.2. The van der Waals surface area contributed by atoms with E-state index in [-0.39, 0.29) is 12.1 Å². The summed E-state index contributed by atoms with van der Waals surface area (Å²) in [6, 6.07) is 2.26. The van der Waals surface area contributed by atoms with Crippen molar-refractivity contribution in [3.63, 3.8) is 0 Å². The maximum atomic E-state index is 13.2. The number of nitrogens with zero attached hydrogens (tertiary/aromatic N) is 1. The Morgan fingerprint density at radius 1 is 1.33 bits per heavy atom. The molecule has 0 aromatic heterocycles. The fourth-order valence-corrected chi connectivity index (χ4v) is 2.82. The van der Waals surface area contributed by atoms with Crippen LogP contribution in [0.3, 0.4) is 0 Å². The van der Waals surface area contributed by atoms with Crippen molar-refractivity contribution in [3.05, 3.63) is 35.1 Å². The molecule has 1 aromatic rings. The highest BCUT2D eigenvalue weighted by molar-refractivity contribution is 5.33. The molecule has 0 amide bonds. The van der Waals surface area contributed by atoms with Gasteiger partial charge in [-0.1, -0.05) is 12.5 Å². The lowest BCUT2D eigenvalue weighted by Crippen LogP contribution is -2.37. The number of nitrogens with two attached hydrogens (primary N) is 1. The van der Waals surface area contributed by atoms with Crippen LogP contribution in [0.1, 0.15) is 36.4 Å². The zero-order valence-corrected chi connectivity index (χ0v) is 12.0. The number of alkyl halides is 3. The molecule has 1 fully saturated rings. The molecular formula is C15H20F4N2. The van der Waals surface area contributed by atoms with Crippen LogP contribution in [-0.4, -0.2) is 25.0 Å². The van der Waals surface area contributed by atoms with Crippen LogP contribution in [-0.2, 0) is 6.18 Å². The van der Waals surface area contributed by atoms with E-state index in [4.69, 9.17) is 5.73 Å². The largest absolute Gasteiger partial charge is 0.416 e. The van der Waals surface area contributed by atoms with Crippen molar-refractivity contribution in [1.29, 1.82) is 0 Å². The van der Waals surface area contributed by atoms with E-state index in [0.717, 1.165) is 25.5 Å². The molecule has 1 atom stereocenters. The summed E-state index contributed by atoms with van der Waals surface area (Å²) in [5.74, 6) is -0.359. The SMILES string of the molecule is CN(CC1CCC1)C(CN)c1ccc(F)cc1C(F)(F)F. The first-order valence-corrected chi connectivity index (χ1v) is 7.10. The highest BCUT2D eigenvalue weighted by Gasteiger charge is 2.36. The first-order chi connectivity index (χ1) is 9.82. The van der Waals surface area contributed by atoms with Crippen molar-refractivity contribution in [2.75, 3.05) is 20.1 Å². The van der Waals surface area contributed by atoms with E-state index >= 15 is 0 Å². The monoisotopic (exact) mass is 304 g/mol. The van der Waals surface area contributed by atoms with Gasteiger partial charge in [0.2, 0.25) is 0 Å². The molecule has 6 heteroatoms. The molecule has 0 aliphatic heterocycles. The van der Waals surface area contributed by atoms with Crippen LogP contribution in [0.2, 0.25) is 0 Å². The Hall–Kier alpha value is -1.14. The number of likely N-dealkylation sites (N-methyl/N-ethyl adjacent to an activating group) is 1. The zero-order chi connectivity index (χ0) is 15.6. The van der Waals surface area contributed by atoms with Gasteiger partial charge in [0.1, 0.15) is 5.82 Å². The molecule has 2 N–H and O–H groups in total. The molecule has 1 saturated carbocycles. The van der Waals surface area contributed by atoms with Crippen LogP contribution in [0.5, 0.6) is 0 Å². The molecule has 0 heterocycles. The lowest BCUT2D eigenvalue weighted by molar-refractivity contribution is -0.139. The second-order valence-electron chi connectivity index (χ2n) is 5.72. The molecule has 2 rings (SSSR count). The summed E-state index contributed by atoms with van der Waals surface area (Å²) in [7, 11) is 1.78. The number of halogens is 4. The summed E-state index contributed by atoms with van der Waals surface area (Å²) >= 11 is 0. The average molecular weight is 304 g/mol. The minimum atomic E-state index is -4.58. The van der Waals surface area contributed by atoms with Crippen molar-refractivity contribution in [2.24, 2.45) is 11.7 Å². The van der Waals surface area contributed by atoms with Gasteiger partial charge in [-0.3, -0.25) is 4.90 Å². The quantitative estimate of drug-likeness (QED) is 0.843. The lowest BCUT2D eigenvalue weighted by atomic mass is 9.84. The highest BCUT2D eigenvalue weighted by atomic mass is 19.4. The van der Waals surface area contributed by atoms with Gasteiger partial charge in [-0.25, -0.2) is 4.39 Å². The molecule has 2 nitrogen and oxygen atoms in total. The topological polar surface area (TPSA) is 29.3 Å². The number of rotatable bonds is 5. The highest BCUT2D eigenvalue weighted by Crippen LogP contribution is 2.37. The molecular weight excluding hydrogens is 284 g/mol. The molecule has 1 aliphatic rings. The van der Waals surface area contributed by atoms with Gasteiger partial charge < -0.3 is 5.73 Å². The van der Waals surface area contributed by atoms with Crippen molar-refractivity contribution in [1.82, 2.24) is 4.90 Å². The molecule has 21 heavy (non-hydrogen) atoms.